The van der Waals surface area contributed by atoms with Gasteiger partial charge in [0.2, 0.25) is 0 Å². The molecule has 2 aliphatic rings. The van der Waals surface area contributed by atoms with Crippen LogP contribution < -0.4 is 22.1 Å². The monoisotopic (exact) mass is 406 g/mol. The van der Waals surface area contributed by atoms with Gasteiger partial charge in [0.1, 0.15) is 5.82 Å². The molecule has 134 valence electrons. The van der Waals surface area contributed by atoms with Crippen LogP contribution in [0.1, 0.15) is 47.3 Å². The van der Waals surface area contributed by atoms with Gasteiger partial charge in [0.25, 0.3) is 5.91 Å². The van der Waals surface area contributed by atoms with E-state index >= 15 is 0 Å². The predicted molar refractivity (Wildman–Crippen MR) is 104 cm³/mol. The molecule has 8 heteroatoms. The molecule has 6 N–H and O–H groups in total. The molecule has 25 heavy (non-hydrogen) atoms. The third-order valence-corrected chi connectivity index (χ3v) is 5.60. The molecule has 0 aromatic carbocycles. The summed E-state index contributed by atoms with van der Waals surface area (Å²) in [7, 11) is 1.66. The number of pyridine rings is 1. The van der Waals surface area contributed by atoms with Gasteiger partial charge in [-0.25, -0.2) is 4.98 Å². The van der Waals surface area contributed by atoms with Gasteiger partial charge in [-0.05, 0) is 28.8 Å². The van der Waals surface area contributed by atoms with Gasteiger partial charge in [-0.1, -0.05) is 12.8 Å². The van der Waals surface area contributed by atoms with Crippen molar-refractivity contribution >= 4 is 39.4 Å². The first kappa shape index (κ1) is 17.9. The van der Waals surface area contributed by atoms with E-state index in [0.29, 0.717) is 29.2 Å². The van der Waals surface area contributed by atoms with Crippen molar-refractivity contribution in [1.82, 2.24) is 10.3 Å². The number of nitrogens with two attached hydrogens (primary N) is 2. The Bertz CT molecular complexity index is 745. The lowest BCUT2D eigenvalue weighted by Crippen LogP contribution is -2.42. The lowest BCUT2D eigenvalue weighted by atomic mass is 9.91. The summed E-state index contributed by atoms with van der Waals surface area (Å²) in [6.45, 7) is 0.455. The number of rotatable bonds is 4. The van der Waals surface area contributed by atoms with Crippen LogP contribution in [0.2, 0.25) is 0 Å². The first-order chi connectivity index (χ1) is 12.1. The predicted octanol–water partition coefficient (Wildman–Crippen LogP) is 1.77. The summed E-state index contributed by atoms with van der Waals surface area (Å²) in [5.74, 6) is 0.541. The summed E-state index contributed by atoms with van der Waals surface area (Å²) in [6.07, 6.45) is 7.36. The second-order valence-electron chi connectivity index (χ2n) is 6.37. The molecule has 1 aromatic rings. The van der Waals surface area contributed by atoms with Crippen LogP contribution in [0.15, 0.2) is 15.7 Å². The zero-order valence-electron chi connectivity index (χ0n) is 14.2. The van der Waals surface area contributed by atoms with E-state index in [1.54, 1.807) is 13.3 Å². The van der Waals surface area contributed by atoms with Crippen LogP contribution in [0.4, 0.5) is 5.82 Å². The number of amides is 1. The van der Waals surface area contributed by atoms with Crippen molar-refractivity contribution in [1.29, 1.82) is 0 Å². The minimum absolute atomic E-state index is 0.0978. The fourth-order valence-electron chi connectivity index (χ4n) is 3.42. The third-order valence-electron chi connectivity index (χ3n) is 4.75. The molecule has 2 heterocycles. The highest BCUT2D eigenvalue weighted by Crippen LogP contribution is 2.35. The smallest absolute Gasteiger partial charge is 0.254 e. The van der Waals surface area contributed by atoms with Crippen molar-refractivity contribution in [2.75, 3.05) is 12.4 Å². The SMILES string of the molecule is CN=CC(=CN)c1nc(NC2CCCCC2N)c(Br)c2c1C(=O)NC2. The van der Waals surface area contributed by atoms with Gasteiger partial charge in [-0.3, -0.25) is 9.79 Å². The summed E-state index contributed by atoms with van der Waals surface area (Å²) in [5, 5.41) is 6.32. The summed E-state index contributed by atoms with van der Waals surface area (Å²) < 4.78 is 0.798. The largest absolute Gasteiger partial charge is 0.404 e. The fourth-order valence-corrected chi connectivity index (χ4v) is 3.96. The van der Waals surface area contributed by atoms with E-state index in [4.69, 9.17) is 16.5 Å². The average molecular weight is 407 g/mol. The van der Waals surface area contributed by atoms with Gasteiger partial charge in [0.05, 0.1) is 15.7 Å². The highest BCUT2D eigenvalue weighted by molar-refractivity contribution is 9.10. The molecule has 1 saturated carbocycles. The van der Waals surface area contributed by atoms with Crippen LogP contribution in [0, 0.1) is 0 Å². The number of nitrogens with one attached hydrogen (secondary N) is 2. The molecule has 0 radical (unpaired) electrons. The molecule has 1 aliphatic heterocycles. The zero-order chi connectivity index (χ0) is 18.0. The van der Waals surface area contributed by atoms with Gasteiger partial charge in [-0.15, -0.1) is 0 Å². The number of hydrogen-bond acceptors (Lipinski definition) is 6. The van der Waals surface area contributed by atoms with E-state index < -0.39 is 0 Å². The molecule has 0 bridgehead atoms. The number of carbonyl (C=O) groups excluding carboxylic acids is 1. The van der Waals surface area contributed by atoms with E-state index in [1.807, 2.05) is 0 Å². The lowest BCUT2D eigenvalue weighted by molar-refractivity contribution is 0.0965. The van der Waals surface area contributed by atoms with Crippen molar-refractivity contribution in [3.8, 4) is 0 Å². The Morgan fingerprint density at radius 2 is 2.20 bits per heavy atom. The minimum atomic E-state index is -0.150. The van der Waals surface area contributed by atoms with E-state index in [1.165, 1.54) is 6.20 Å². The Kier molecular flexibility index (Phi) is 5.39. The topological polar surface area (TPSA) is 118 Å². The number of allylic oxidation sites excluding steroid dienone is 1. The first-order valence-electron chi connectivity index (χ1n) is 8.44. The third kappa shape index (κ3) is 3.41. The molecule has 1 amide bonds. The maximum atomic E-state index is 12.3. The van der Waals surface area contributed by atoms with Crippen LogP contribution in [0.3, 0.4) is 0 Å². The van der Waals surface area contributed by atoms with Crippen molar-refractivity contribution in [3.63, 3.8) is 0 Å². The zero-order valence-corrected chi connectivity index (χ0v) is 15.8. The number of hydrogen-bond donors (Lipinski definition) is 4. The van der Waals surface area contributed by atoms with E-state index in [9.17, 15) is 4.79 Å². The van der Waals surface area contributed by atoms with Crippen LogP contribution in [-0.2, 0) is 6.54 Å². The maximum absolute atomic E-state index is 12.3. The highest BCUT2D eigenvalue weighted by Gasteiger charge is 2.31. The Morgan fingerprint density at radius 3 is 2.88 bits per heavy atom. The molecular formula is C17H23BrN6O. The molecule has 1 aromatic heterocycles. The van der Waals surface area contributed by atoms with Gasteiger partial charge >= 0.3 is 0 Å². The Labute approximate surface area is 155 Å². The molecule has 0 saturated heterocycles. The number of fused-ring (bicyclic) bond motifs is 1. The summed E-state index contributed by atoms with van der Waals surface area (Å²) in [4.78, 5) is 21.0. The normalized spacial score (nSPS) is 23.6. The summed E-state index contributed by atoms with van der Waals surface area (Å²) in [5.41, 5.74) is 14.6. The number of aliphatic imine (C=N–C) groups is 1. The van der Waals surface area contributed by atoms with Crippen molar-refractivity contribution < 1.29 is 4.79 Å². The standard InChI is InChI=1S/C17H23BrN6O/c1-21-7-9(6-19)15-13-10(8-22-17(13)25)14(18)16(24-15)23-12-5-3-2-4-11(12)20/h6-7,11-12H,2-5,8,19-20H2,1H3,(H,22,25)(H,23,24). The second-order valence-corrected chi connectivity index (χ2v) is 7.16. The number of anilines is 1. The van der Waals surface area contributed by atoms with Crippen LogP contribution in [0.25, 0.3) is 5.57 Å². The number of aromatic nitrogens is 1. The highest BCUT2D eigenvalue weighted by atomic mass is 79.9. The van der Waals surface area contributed by atoms with Crippen molar-refractivity contribution in [2.24, 2.45) is 16.5 Å². The quantitative estimate of drug-likeness (QED) is 0.568. The second kappa shape index (κ2) is 7.53. The maximum Gasteiger partial charge on any atom is 0.254 e. The summed E-state index contributed by atoms with van der Waals surface area (Å²) >= 11 is 3.61. The van der Waals surface area contributed by atoms with Crippen LogP contribution >= 0.6 is 15.9 Å². The molecule has 2 atom stereocenters. The molecule has 3 rings (SSSR count). The van der Waals surface area contributed by atoms with Crippen LogP contribution in [0.5, 0.6) is 0 Å². The minimum Gasteiger partial charge on any atom is -0.404 e. The molecule has 1 aliphatic carbocycles. The van der Waals surface area contributed by atoms with Crippen molar-refractivity contribution in [2.45, 2.75) is 44.3 Å². The number of carbonyl (C=O) groups is 1. The average Bonchev–Trinajstić information content (AvgIpc) is 3.00. The van der Waals surface area contributed by atoms with E-state index in [-0.39, 0.29) is 18.0 Å². The fraction of sp³-hybridized carbons (Fsp3) is 0.471. The van der Waals surface area contributed by atoms with Gasteiger partial charge in [0.15, 0.2) is 0 Å². The first-order valence-corrected chi connectivity index (χ1v) is 9.23. The van der Waals surface area contributed by atoms with Crippen molar-refractivity contribution in [3.05, 3.63) is 27.5 Å². The molecule has 1 fully saturated rings. The molecular weight excluding hydrogens is 384 g/mol. The van der Waals surface area contributed by atoms with Gasteiger partial charge in [-0.2, -0.15) is 0 Å². The molecule has 7 nitrogen and oxygen atoms in total. The lowest BCUT2D eigenvalue weighted by Gasteiger charge is -2.30. The molecule has 2 unspecified atom stereocenters. The Hall–Kier alpha value is -1.93. The van der Waals surface area contributed by atoms with Gasteiger partial charge < -0.3 is 22.1 Å². The Morgan fingerprint density at radius 1 is 1.44 bits per heavy atom. The van der Waals surface area contributed by atoms with E-state index in [0.717, 1.165) is 35.7 Å². The van der Waals surface area contributed by atoms with Crippen LogP contribution in [-0.4, -0.2) is 36.2 Å². The Balaban J connectivity index is 2.06. The van der Waals surface area contributed by atoms with E-state index in [2.05, 4.69) is 31.6 Å². The number of nitrogens with zero attached hydrogens (tertiary/aromatic N) is 2. The van der Waals surface area contributed by atoms with Gasteiger partial charge in [0, 0.05) is 49.2 Å². The number of halogens is 1. The summed E-state index contributed by atoms with van der Waals surface area (Å²) in [6, 6.07) is 0.263. The molecule has 0 spiro atoms.